The second-order valence-electron chi connectivity index (χ2n) is 5.65. The van der Waals surface area contributed by atoms with Crippen molar-refractivity contribution in [1.29, 1.82) is 0 Å². The zero-order chi connectivity index (χ0) is 19.4. The van der Waals surface area contributed by atoms with Gasteiger partial charge >= 0.3 is 0 Å². The third-order valence-corrected chi connectivity index (χ3v) is 4.95. The first-order valence-corrected chi connectivity index (χ1v) is 9.21. The lowest BCUT2D eigenvalue weighted by molar-refractivity contribution is -0.115. The number of nitrogen functional groups attached to an aromatic ring is 1. The van der Waals surface area contributed by atoms with E-state index < -0.39 is 5.25 Å². The molecule has 0 spiro atoms. The Morgan fingerprint density at radius 3 is 2.81 bits per heavy atom. The summed E-state index contributed by atoms with van der Waals surface area (Å²) >= 11 is 6.91. The third kappa shape index (κ3) is 4.75. The number of nitrogens with one attached hydrogen (secondary N) is 1. The summed E-state index contributed by atoms with van der Waals surface area (Å²) in [6.45, 7) is 1.71. The maximum Gasteiger partial charge on any atom is 0.238 e. The molecule has 0 radical (unpaired) electrons. The van der Waals surface area contributed by atoms with E-state index in [1.165, 1.54) is 16.9 Å². The highest BCUT2D eigenvalue weighted by Crippen LogP contribution is 2.23. The maximum atomic E-state index is 13.8. The van der Waals surface area contributed by atoms with E-state index in [0.29, 0.717) is 27.4 Å². The third-order valence-electron chi connectivity index (χ3n) is 3.67. The van der Waals surface area contributed by atoms with E-state index in [0.717, 1.165) is 11.8 Å². The molecule has 0 aliphatic rings. The van der Waals surface area contributed by atoms with E-state index in [1.54, 1.807) is 37.3 Å². The molecule has 0 fully saturated rings. The second-order valence-corrected chi connectivity index (χ2v) is 7.39. The number of pyridine rings is 1. The number of carbonyl (C=O) groups is 1. The predicted octanol–water partition coefficient (Wildman–Crippen LogP) is 2.89. The van der Waals surface area contributed by atoms with Gasteiger partial charge in [-0.25, -0.2) is 14.1 Å². The minimum Gasteiger partial charge on any atom is -0.336 e. The van der Waals surface area contributed by atoms with Crippen molar-refractivity contribution in [2.24, 2.45) is 0 Å². The number of thioether (sulfide) groups is 1. The van der Waals surface area contributed by atoms with Crippen LogP contribution in [0.1, 0.15) is 18.3 Å². The molecule has 1 amide bonds. The molecule has 27 heavy (non-hydrogen) atoms. The minimum atomic E-state index is -0.504. The first kappa shape index (κ1) is 19.1. The summed E-state index contributed by atoms with van der Waals surface area (Å²) in [6, 6.07) is 9.63. The van der Waals surface area contributed by atoms with Crippen molar-refractivity contribution in [1.82, 2.24) is 19.9 Å². The SMILES string of the molecule is C[C@H](Sc1nnc(Cc2ccccc2F)n1N)C(=O)Nc1ccc(Cl)cn1. The molecular weight excluding hydrogens is 391 g/mol. The average Bonchev–Trinajstić information content (AvgIpc) is 2.99. The number of rotatable bonds is 6. The van der Waals surface area contributed by atoms with E-state index in [1.807, 2.05) is 0 Å². The lowest BCUT2D eigenvalue weighted by Crippen LogP contribution is -2.24. The van der Waals surface area contributed by atoms with Crippen molar-refractivity contribution in [3.05, 3.63) is 64.8 Å². The largest absolute Gasteiger partial charge is 0.336 e. The topological polar surface area (TPSA) is 98.7 Å². The predicted molar refractivity (Wildman–Crippen MR) is 103 cm³/mol. The Morgan fingerprint density at radius 1 is 1.33 bits per heavy atom. The van der Waals surface area contributed by atoms with Crippen LogP contribution in [0.4, 0.5) is 10.2 Å². The van der Waals surface area contributed by atoms with Crippen molar-refractivity contribution in [2.45, 2.75) is 23.8 Å². The van der Waals surface area contributed by atoms with Crippen LogP contribution in [-0.4, -0.2) is 31.0 Å². The Labute approximate surface area is 164 Å². The fraction of sp³-hybridized carbons (Fsp3) is 0.176. The quantitative estimate of drug-likeness (QED) is 0.482. The molecule has 0 aliphatic carbocycles. The van der Waals surface area contributed by atoms with Gasteiger partial charge in [0.1, 0.15) is 11.6 Å². The number of aromatic nitrogens is 4. The summed E-state index contributed by atoms with van der Waals surface area (Å²) in [7, 11) is 0. The van der Waals surface area contributed by atoms with Crippen LogP contribution >= 0.6 is 23.4 Å². The van der Waals surface area contributed by atoms with Gasteiger partial charge in [0.05, 0.1) is 10.3 Å². The summed E-state index contributed by atoms with van der Waals surface area (Å²) in [5.74, 6) is 6.20. The number of nitrogens with two attached hydrogens (primary N) is 1. The smallest absolute Gasteiger partial charge is 0.238 e. The summed E-state index contributed by atoms with van der Waals surface area (Å²) < 4.78 is 15.1. The van der Waals surface area contributed by atoms with Gasteiger partial charge in [0.2, 0.25) is 11.1 Å². The van der Waals surface area contributed by atoms with Crippen molar-refractivity contribution < 1.29 is 9.18 Å². The lowest BCUT2D eigenvalue weighted by Gasteiger charge is -2.11. The highest BCUT2D eigenvalue weighted by Gasteiger charge is 2.20. The number of hydrogen-bond donors (Lipinski definition) is 2. The van der Waals surface area contributed by atoms with Crippen molar-refractivity contribution >= 4 is 35.1 Å². The second kappa shape index (κ2) is 8.36. The highest BCUT2D eigenvalue weighted by atomic mass is 35.5. The molecular formula is C17H16ClFN6OS. The molecule has 0 unspecified atom stereocenters. The molecule has 140 valence electrons. The Hall–Kier alpha value is -2.65. The van der Waals surface area contributed by atoms with Crippen LogP contribution in [0.15, 0.2) is 47.8 Å². The van der Waals surface area contributed by atoms with Gasteiger partial charge in [-0.15, -0.1) is 10.2 Å². The van der Waals surface area contributed by atoms with E-state index in [4.69, 9.17) is 17.4 Å². The number of hydrogen-bond acceptors (Lipinski definition) is 6. The Morgan fingerprint density at radius 2 is 2.11 bits per heavy atom. The molecule has 3 N–H and O–H groups in total. The fourth-order valence-corrected chi connectivity index (χ4v) is 3.11. The Kier molecular flexibility index (Phi) is 5.92. The number of anilines is 1. The normalized spacial score (nSPS) is 12.0. The van der Waals surface area contributed by atoms with Gasteiger partial charge in [0, 0.05) is 12.6 Å². The van der Waals surface area contributed by atoms with E-state index >= 15 is 0 Å². The standard InChI is InChI=1S/C17H16ClFN6OS/c1-10(16(26)22-14-7-6-12(18)9-21-14)27-17-24-23-15(25(17)20)8-11-4-2-3-5-13(11)19/h2-7,9-10H,8,20H2,1H3,(H,21,22,26)/t10-/m0/s1. The van der Waals surface area contributed by atoms with Crippen LogP contribution in [0.2, 0.25) is 5.02 Å². The fourth-order valence-electron chi connectivity index (χ4n) is 2.21. The highest BCUT2D eigenvalue weighted by molar-refractivity contribution is 8.00. The summed E-state index contributed by atoms with van der Waals surface area (Å²) in [5.41, 5.74) is 0.466. The van der Waals surface area contributed by atoms with Crippen LogP contribution in [0.25, 0.3) is 0 Å². The van der Waals surface area contributed by atoms with Gasteiger partial charge in [-0.3, -0.25) is 4.79 Å². The van der Waals surface area contributed by atoms with Crippen molar-refractivity contribution in [3.63, 3.8) is 0 Å². The number of halogens is 2. The van der Waals surface area contributed by atoms with Crippen LogP contribution < -0.4 is 11.2 Å². The molecule has 3 aromatic rings. The molecule has 2 aromatic heterocycles. The van der Waals surface area contributed by atoms with E-state index in [9.17, 15) is 9.18 Å². The minimum absolute atomic E-state index is 0.200. The molecule has 0 saturated carbocycles. The van der Waals surface area contributed by atoms with Crippen molar-refractivity contribution in [3.8, 4) is 0 Å². The van der Waals surface area contributed by atoms with Gasteiger partial charge < -0.3 is 11.2 Å². The molecule has 1 atom stereocenters. The molecule has 1 aromatic carbocycles. The first-order valence-electron chi connectivity index (χ1n) is 7.96. The molecule has 2 heterocycles. The molecule has 0 aliphatic heterocycles. The monoisotopic (exact) mass is 406 g/mol. The van der Waals surface area contributed by atoms with Gasteiger partial charge in [0.25, 0.3) is 0 Å². The van der Waals surface area contributed by atoms with Crippen LogP contribution in [-0.2, 0) is 11.2 Å². The van der Waals surface area contributed by atoms with Gasteiger partial charge in [-0.05, 0) is 30.7 Å². The molecule has 0 bridgehead atoms. The molecule has 7 nitrogen and oxygen atoms in total. The summed E-state index contributed by atoms with van der Waals surface area (Å²) in [5, 5.41) is 11.0. The van der Waals surface area contributed by atoms with Crippen LogP contribution in [0, 0.1) is 5.82 Å². The van der Waals surface area contributed by atoms with Crippen molar-refractivity contribution in [2.75, 3.05) is 11.2 Å². The Bertz CT molecular complexity index is 949. The zero-order valence-corrected chi connectivity index (χ0v) is 15.8. The van der Waals surface area contributed by atoms with Crippen LogP contribution in [0.5, 0.6) is 0 Å². The van der Waals surface area contributed by atoms with Gasteiger partial charge in [0.15, 0.2) is 5.82 Å². The van der Waals surface area contributed by atoms with Crippen LogP contribution in [0.3, 0.4) is 0 Å². The van der Waals surface area contributed by atoms with E-state index in [2.05, 4.69) is 20.5 Å². The number of benzene rings is 1. The molecule has 10 heteroatoms. The summed E-state index contributed by atoms with van der Waals surface area (Å²) in [6.07, 6.45) is 1.65. The van der Waals surface area contributed by atoms with Gasteiger partial charge in [-0.1, -0.05) is 41.6 Å². The lowest BCUT2D eigenvalue weighted by atomic mass is 10.1. The summed E-state index contributed by atoms with van der Waals surface area (Å²) in [4.78, 5) is 16.3. The average molecular weight is 407 g/mol. The maximum absolute atomic E-state index is 13.8. The van der Waals surface area contributed by atoms with E-state index in [-0.39, 0.29) is 18.1 Å². The zero-order valence-electron chi connectivity index (χ0n) is 14.3. The number of nitrogens with zero attached hydrogens (tertiary/aromatic N) is 4. The molecule has 0 saturated heterocycles. The first-order chi connectivity index (χ1) is 12.9. The Balaban J connectivity index is 1.65. The van der Waals surface area contributed by atoms with Gasteiger partial charge in [-0.2, -0.15) is 0 Å². The molecule has 3 rings (SSSR count). The number of amides is 1. The number of carbonyl (C=O) groups excluding carboxylic acids is 1.